The number of hydrogen-bond donors (Lipinski definition) is 2. The molecule has 0 saturated carbocycles. The van der Waals surface area contributed by atoms with Crippen LogP contribution in [0, 0.1) is 0 Å². The third-order valence-electron chi connectivity index (χ3n) is 4.27. The Hall–Kier alpha value is -1.93. The summed E-state index contributed by atoms with van der Waals surface area (Å²) in [5, 5.41) is 5.35. The minimum Gasteiger partial charge on any atom is -0.330 e. The van der Waals surface area contributed by atoms with Gasteiger partial charge in [0.05, 0.1) is 4.90 Å². The first kappa shape index (κ1) is 21.4. The van der Waals surface area contributed by atoms with Gasteiger partial charge in [-0.05, 0) is 38.1 Å². The van der Waals surface area contributed by atoms with Crippen molar-refractivity contribution in [2.24, 2.45) is 0 Å². The van der Waals surface area contributed by atoms with Gasteiger partial charge in [0, 0.05) is 30.4 Å². The van der Waals surface area contributed by atoms with E-state index < -0.39 is 10.0 Å². The largest absolute Gasteiger partial charge is 0.330 e. The number of anilines is 1. The second kappa shape index (κ2) is 8.84. The number of amides is 1. The molecule has 2 rings (SSSR count). The van der Waals surface area contributed by atoms with Crippen LogP contribution in [-0.4, -0.2) is 38.8 Å². The van der Waals surface area contributed by atoms with E-state index in [4.69, 9.17) is 11.6 Å². The predicted molar refractivity (Wildman–Crippen MR) is 107 cm³/mol. The van der Waals surface area contributed by atoms with Crippen LogP contribution in [0.25, 0.3) is 0 Å². The molecule has 146 valence electrons. The Morgan fingerprint density at radius 3 is 2.41 bits per heavy atom. The number of quaternary nitrogens is 1. The second-order valence-corrected chi connectivity index (χ2v) is 9.15. The fourth-order valence-electron chi connectivity index (χ4n) is 2.67. The molecular weight excluding hydrogens is 386 g/mol. The minimum atomic E-state index is -3.56. The summed E-state index contributed by atoms with van der Waals surface area (Å²) in [6, 6.07) is 13.4. The van der Waals surface area contributed by atoms with Crippen LogP contribution in [0.2, 0.25) is 5.02 Å². The smallest absolute Gasteiger partial charge is 0.282 e. The number of benzene rings is 2. The molecule has 0 spiro atoms. The molecule has 3 N–H and O–H groups in total. The van der Waals surface area contributed by atoms with Crippen molar-refractivity contribution in [3.05, 3.63) is 59.1 Å². The number of nitrogens with one attached hydrogen (secondary N) is 1. The normalized spacial score (nSPS) is 14.0. The third-order valence-corrected chi connectivity index (χ3v) is 6.42. The van der Waals surface area contributed by atoms with Crippen LogP contribution in [0.5, 0.6) is 0 Å². The lowest BCUT2D eigenvalue weighted by molar-refractivity contribution is -0.709. The SMILES string of the molecule is C[C@@H]([NH2+][C@H](C)c1ccccc1Cl)C(=O)Nc1cccc(S(=O)(=O)N(C)C)c1. The Kier molecular flexibility index (Phi) is 7.00. The van der Waals surface area contributed by atoms with Crippen molar-refractivity contribution < 1.29 is 18.5 Å². The maximum absolute atomic E-state index is 12.5. The first-order valence-electron chi connectivity index (χ1n) is 8.56. The maximum atomic E-state index is 12.5. The fourth-order valence-corrected chi connectivity index (χ4v) is 3.93. The summed E-state index contributed by atoms with van der Waals surface area (Å²) in [6.07, 6.45) is 0. The van der Waals surface area contributed by atoms with Crippen molar-refractivity contribution in [1.82, 2.24) is 4.31 Å². The van der Waals surface area contributed by atoms with E-state index >= 15 is 0 Å². The molecule has 0 bridgehead atoms. The fraction of sp³-hybridized carbons (Fsp3) is 0.316. The molecule has 6 nitrogen and oxygen atoms in total. The summed E-state index contributed by atoms with van der Waals surface area (Å²) in [7, 11) is -0.624. The van der Waals surface area contributed by atoms with E-state index in [-0.39, 0.29) is 22.9 Å². The van der Waals surface area contributed by atoms with E-state index in [0.29, 0.717) is 10.7 Å². The average Bonchev–Trinajstić information content (AvgIpc) is 2.62. The third kappa shape index (κ3) is 5.29. The molecule has 0 heterocycles. The zero-order valence-electron chi connectivity index (χ0n) is 15.8. The van der Waals surface area contributed by atoms with Crippen LogP contribution in [0.4, 0.5) is 5.69 Å². The van der Waals surface area contributed by atoms with Crippen molar-refractivity contribution >= 4 is 33.2 Å². The van der Waals surface area contributed by atoms with Gasteiger partial charge < -0.3 is 10.6 Å². The topological polar surface area (TPSA) is 83.1 Å². The first-order chi connectivity index (χ1) is 12.6. The number of halogens is 1. The lowest BCUT2D eigenvalue weighted by Gasteiger charge is -2.18. The van der Waals surface area contributed by atoms with Gasteiger partial charge in [-0.1, -0.05) is 35.9 Å². The lowest BCUT2D eigenvalue weighted by Crippen LogP contribution is -2.91. The van der Waals surface area contributed by atoms with E-state index in [1.165, 1.54) is 26.2 Å². The van der Waals surface area contributed by atoms with Gasteiger partial charge >= 0.3 is 0 Å². The molecule has 0 aliphatic rings. The average molecular weight is 411 g/mol. The molecule has 27 heavy (non-hydrogen) atoms. The molecule has 2 aromatic rings. The van der Waals surface area contributed by atoms with Gasteiger partial charge in [-0.2, -0.15) is 0 Å². The van der Waals surface area contributed by atoms with Crippen molar-refractivity contribution in [2.75, 3.05) is 19.4 Å². The van der Waals surface area contributed by atoms with E-state index in [9.17, 15) is 13.2 Å². The summed E-state index contributed by atoms with van der Waals surface area (Å²) in [5.41, 5.74) is 1.39. The quantitative estimate of drug-likeness (QED) is 0.734. The van der Waals surface area contributed by atoms with Gasteiger partial charge in [-0.15, -0.1) is 0 Å². The maximum Gasteiger partial charge on any atom is 0.282 e. The Morgan fingerprint density at radius 1 is 1.11 bits per heavy atom. The second-order valence-electron chi connectivity index (χ2n) is 6.60. The molecule has 0 saturated heterocycles. The van der Waals surface area contributed by atoms with E-state index in [0.717, 1.165) is 9.87 Å². The lowest BCUT2D eigenvalue weighted by atomic mass is 10.1. The van der Waals surface area contributed by atoms with Gasteiger partial charge in [0.1, 0.15) is 6.04 Å². The van der Waals surface area contributed by atoms with E-state index in [1.54, 1.807) is 19.1 Å². The summed E-state index contributed by atoms with van der Waals surface area (Å²) in [6.45, 7) is 3.78. The Morgan fingerprint density at radius 2 is 1.78 bits per heavy atom. The number of carbonyl (C=O) groups excluding carboxylic acids is 1. The van der Waals surface area contributed by atoms with Crippen LogP contribution < -0.4 is 10.6 Å². The first-order valence-corrected chi connectivity index (χ1v) is 10.4. The van der Waals surface area contributed by atoms with Gasteiger partial charge in [0.15, 0.2) is 6.04 Å². The highest BCUT2D eigenvalue weighted by atomic mass is 35.5. The van der Waals surface area contributed by atoms with Crippen LogP contribution in [0.1, 0.15) is 25.5 Å². The Bertz CT molecular complexity index is 916. The minimum absolute atomic E-state index is 0.0000897. The summed E-state index contributed by atoms with van der Waals surface area (Å²) in [4.78, 5) is 12.7. The van der Waals surface area contributed by atoms with Gasteiger partial charge in [-0.3, -0.25) is 4.79 Å². The van der Waals surface area contributed by atoms with Crippen LogP contribution >= 0.6 is 11.6 Å². The van der Waals surface area contributed by atoms with Crippen molar-refractivity contribution in [3.63, 3.8) is 0 Å². The Balaban J connectivity index is 2.08. The summed E-state index contributed by atoms with van der Waals surface area (Å²) >= 11 is 6.22. The highest BCUT2D eigenvalue weighted by Crippen LogP contribution is 2.20. The molecule has 0 aliphatic heterocycles. The number of rotatable bonds is 7. The van der Waals surface area contributed by atoms with Crippen molar-refractivity contribution in [1.29, 1.82) is 0 Å². The number of nitrogens with zero attached hydrogens (tertiary/aromatic N) is 1. The molecule has 2 atom stereocenters. The predicted octanol–water partition coefficient (Wildman–Crippen LogP) is 2.24. The van der Waals surface area contributed by atoms with Gasteiger partial charge in [-0.25, -0.2) is 12.7 Å². The number of nitrogens with two attached hydrogens (primary N) is 1. The standard InChI is InChI=1S/C19H24ClN3O3S/c1-13(17-10-5-6-11-18(17)20)21-14(2)19(24)22-15-8-7-9-16(12-15)27(25,26)23(3)4/h5-14,21H,1-4H3,(H,22,24)/p+1/t13-,14-/m1/s1. The molecule has 1 amide bonds. The van der Waals surface area contributed by atoms with Gasteiger partial charge in [0.2, 0.25) is 10.0 Å². The van der Waals surface area contributed by atoms with Crippen LogP contribution in [-0.2, 0) is 14.8 Å². The van der Waals surface area contributed by atoms with E-state index in [1.807, 2.05) is 36.5 Å². The zero-order chi connectivity index (χ0) is 20.2. The van der Waals surface area contributed by atoms with Gasteiger partial charge in [0.25, 0.3) is 5.91 Å². The Labute approximate surface area is 165 Å². The summed E-state index contributed by atoms with van der Waals surface area (Å²) in [5.74, 6) is -0.215. The molecule has 2 aromatic carbocycles. The highest BCUT2D eigenvalue weighted by Gasteiger charge is 2.23. The number of sulfonamides is 1. The zero-order valence-corrected chi connectivity index (χ0v) is 17.4. The monoisotopic (exact) mass is 410 g/mol. The molecule has 0 aromatic heterocycles. The molecule has 8 heteroatoms. The molecular formula is C19H25ClN3O3S+. The molecule has 0 unspecified atom stereocenters. The summed E-state index contributed by atoms with van der Waals surface area (Å²) < 4.78 is 25.6. The highest BCUT2D eigenvalue weighted by molar-refractivity contribution is 7.89. The van der Waals surface area contributed by atoms with Crippen LogP contribution in [0.15, 0.2) is 53.4 Å². The van der Waals surface area contributed by atoms with Crippen molar-refractivity contribution in [2.45, 2.75) is 30.8 Å². The molecule has 0 aliphatic carbocycles. The number of carbonyl (C=O) groups is 1. The van der Waals surface area contributed by atoms with E-state index in [2.05, 4.69) is 5.32 Å². The van der Waals surface area contributed by atoms with Crippen LogP contribution in [0.3, 0.4) is 0 Å². The molecule has 0 fully saturated rings. The van der Waals surface area contributed by atoms with Crippen molar-refractivity contribution in [3.8, 4) is 0 Å². The molecule has 0 radical (unpaired) electrons. The number of hydrogen-bond acceptors (Lipinski definition) is 3.